The van der Waals surface area contributed by atoms with Crippen molar-refractivity contribution in [2.75, 3.05) is 37.8 Å². The minimum atomic E-state index is 0.144. The summed E-state index contributed by atoms with van der Waals surface area (Å²) >= 11 is 0. The number of nitrogen functional groups attached to an aromatic ring is 1. The van der Waals surface area contributed by atoms with Crippen LogP contribution >= 0.6 is 0 Å². The molecule has 1 saturated heterocycles. The van der Waals surface area contributed by atoms with Gasteiger partial charge < -0.3 is 10.6 Å². The molecule has 3 rings (SSSR count). The number of likely N-dealkylation sites (tertiary alicyclic amines) is 1. The number of benzene rings is 1. The van der Waals surface area contributed by atoms with Crippen molar-refractivity contribution in [1.29, 1.82) is 0 Å². The van der Waals surface area contributed by atoms with Crippen LogP contribution < -0.4 is 10.6 Å². The van der Waals surface area contributed by atoms with E-state index in [9.17, 15) is 0 Å². The summed E-state index contributed by atoms with van der Waals surface area (Å²) in [6.07, 6.45) is 2.32. The minimum Gasteiger partial charge on any atom is -0.368 e. The molecule has 2 aromatic rings. The Hall–Kier alpha value is -2.21. The first-order valence-electron chi connectivity index (χ1n) is 8.52. The maximum atomic E-state index is 5.86. The van der Waals surface area contributed by atoms with Gasteiger partial charge in [0, 0.05) is 14.1 Å². The van der Waals surface area contributed by atoms with Crippen LogP contribution in [0.4, 0.5) is 11.9 Å². The topological polar surface area (TPSA) is 71.2 Å². The summed E-state index contributed by atoms with van der Waals surface area (Å²) in [6.45, 7) is 4.24. The Morgan fingerprint density at radius 2 is 1.75 bits per heavy atom. The number of hydrogen-bond donors (Lipinski definition) is 1. The predicted molar refractivity (Wildman–Crippen MR) is 97.0 cm³/mol. The molecule has 24 heavy (non-hydrogen) atoms. The molecule has 2 N–H and O–H groups in total. The van der Waals surface area contributed by atoms with Crippen LogP contribution in [0, 0.1) is 0 Å². The second-order valence-electron chi connectivity index (χ2n) is 6.64. The fraction of sp³-hybridized carbons (Fsp3) is 0.500. The number of nitrogens with two attached hydrogens (primary N) is 1. The van der Waals surface area contributed by atoms with E-state index in [1.54, 1.807) is 0 Å². The molecular weight excluding hydrogens is 300 g/mol. The van der Waals surface area contributed by atoms with Crippen molar-refractivity contribution in [3.8, 4) is 0 Å². The molecule has 1 fully saturated rings. The average Bonchev–Trinajstić information content (AvgIpc) is 2.61. The van der Waals surface area contributed by atoms with Crippen molar-refractivity contribution in [2.24, 2.45) is 0 Å². The van der Waals surface area contributed by atoms with Gasteiger partial charge in [0.05, 0.1) is 6.04 Å². The second-order valence-corrected chi connectivity index (χ2v) is 6.64. The maximum absolute atomic E-state index is 5.86. The highest BCUT2D eigenvalue weighted by Crippen LogP contribution is 2.31. The third kappa shape index (κ3) is 3.64. The summed E-state index contributed by atoms with van der Waals surface area (Å²) < 4.78 is 0. The normalized spacial score (nSPS) is 17.6. The fourth-order valence-electron chi connectivity index (χ4n) is 3.29. The third-order valence-electron chi connectivity index (χ3n) is 4.78. The van der Waals surface area contributed by atoms with E-state index in [1.165, 1.54) is 5.56 Å². The predicted octanol–water partition coefficient (Wildman–Crippen LogP) is 2.46. The standard InChI is InChI=1S/C18H26N6/c1-13(16-20-17(19)22-18(21-16)23(2)3)24-11-9-15(10-12-24)14-7-5-4-6-8-14/h4-8,13,15H,9-12H2,1-3H3,(H2,19,20,21,22). The van der Waals surface area contributed by atoms with Crippen LogP contribution in [0.3, 0.4) is 0 Å². The van der Waals surface area contributed by atoms with E-state index in [0.29, 0.717) is 11.9 Å². The second kappa shape index (κ2) is 7.13. The van der Waals surface area contributed by atoms with Crippen LogP contribution in [0.25, 0.3) is 0 Å². The molecule has 0 bridgehead atoms. The number of nitrogens with zero attached hydrogens (tertiary/aromatic N) is 5. The number of aromatic nitrogens is 3. The molecular formula is C18H26N6. The largest absolute Gasteiger partial charge is 0.368 e. The first-order chi connectivity index (χ1) is 11.5. The molecule has 128 valence electrons. The Balaban J connectivity index is 1.68. The van der Waals surface area contributed by atoms with Crippen LogP contribution in [0.5, 0.6) is 0 Å². The molecule has 0 aliphatic carbocycles. The first-order valence-corrected chi connectivity index (χ1v) is 8.52. The monoisotopic (exact) mass is 326 g/mol. The van der Waals surface area contributed by atoms with Crippen molar-refractivity contribution in [1.82, 2.24) is 19.9 Å². The zero-order valence-electron chi connectivity index (χ0n) is 14.7. The zero-order chi connectivity index (χ0) is 17.1. The lowest BCUT2D eigenvalue weighted by Gasteiger charge is -2.35. The highest BCUT2D eigenvalue weighted by Gasteiger charge is 2.26. The van der Waals surface area contributed by atoms with Crippen molar-refractivity contribution in [3.05, 3.63) is 41.7 Å². The summed E-state index contributed by atoms with van der Waals surface area (Å²) in [5.74, 6) is 2.30. The number of hydrogen-bond acceptors (Lipinski definition) is 6. The van der Waals surface area contributed by atoms with Gasteiger partial charge in [-0.2, -0.15) is 15.0 Å². The van der Waals surface area contributed by atoms with E-state index in [2.05, 4.69) is 57.1 Å². The quantitative estimate of drug-likeness (QED) is 0.930. The fourth-order valence-corrected chi connectivity index (χ4v) is 3.29. The molecule has 6 heteroatoms. The van der Waals surface area contributed by atoms with E-state index < -0.39 is 0 Å². The smallest absolute Gasteiger partial charge is 0.229 e. The highest BCUT2D eigenvalue weighted by atomic mass is 15.3. The van der Waals surface area contributed by atoms with Crippen LogP contribution in [0.1, 0.15) is 43.1 Å². The van der Waals surface area contributed by atoms with Gasteiger partial charge in [0.2, 0.25) is 11.9 Å². The van der Waals surface area contributed by atoms with Gasteiger partial charge >= 0.3 is 0 Å². The summed E-state index contributed by atoms with van der Waals surface area (Å²) in [7, 11) is 3.82. The third-order valence-corrected chi connectivity index (χ3v) is 4.78. The number of piperidine rings is 1. The van der Waals surface area contributed by atoms with Gasteiger partial charge in [0.25, 0.3) is 0 Å². The van der Waals surface area contributed by atoms with Crippen LogP contribution in [-0.4, -0.2) is 47.0 Å². The van der Waals surface area contributed by atoms with Gasteiger partial charge in [-0.1, -0.05) is 30.3 Å². The number of anilines is 2. The zero-order valence-corrected chi connectivity index (χ0v) is 14.7. The Morgan fingerprint density at radius 1 is 1.08 bits per heavy atom. The van der Waals surface area contributed by atoms with Gasteiger partial charge in [-0.25, -0.2) is 0 Å². The van der Waals surface area contributed by atoms with E-state index in [-0.39, 0.29) is 12.0 Å². The lowest BCUT2D eigenvalue weighted by Crippen LogP contribution is -2.36. The van der Waals surface area contributed by atoms with Gasteiger partial charge in [0.15, 0.2) is 5.82 Å². The molecule has 0 radical (unpaired) electrons. The average molecular weight is 326 g/mol. The Bertz CT molecular complexity index is 664. The van der Waals surface area contributed by atoms with Gasteiger partial charge in [0.1, 0.15) is 0 Å². The SMILES string of the molecule is CC(c1nc(N)nc(N(C)C)n1)N1CCC(c2ccccc2)CC1. The molecule has 1 aromatic heterocycles. The summed E-state index contributed by atoms with van der Waals surface area (Å²) in [6, 6.07) is 10.9. The molecule has 0 amide bonds. The van der Waals surface area contributed by atoms with Crippen molar-refractivity contribution < 1.29 is 0 Å². The van der Waals surface area contributed by atoms with Gasteiger partial charge in [-0.3, -0.25) is 4.90 Å². The van der Waals surface area contributed by atoms with Crippen LogP contribution in [-0.2, 0) is 0 Å². The van der Waals surface area contributed by atoms with E-state index in [1.807, 2.05) is 19.0 Å². The van der Waals surface area contributed by atoms with Gasteiger partial charge in [-0.05, 0) is 44.3 Å². The van der Waals surface area contributed by atoms with E-state index >= 15 is 0 Å². The van der Waals surface area contributed by atoms with Crippen LogP contribution in [0.2, 0.25) is 0 Å². The molecule has 1 unspecified atom stereocenters. The molecule has 1 aromatic carbocycles. The summed E-state index contributed by atoms with van der Waals surface area (Å²) in [5.41, 5.74) is 7.30. The van der Waals surface area contributed by atoms with Crippen molar-refractivity contribution >= 4 is 11.9 Å². The highest BCUT2D eigenvalue weighted by molar-refractivity contribution is 5.33. The van der Waals surface area contributed by atoms with Gasteiger partial charge in [-0.15, -0.1) is 0 Å². The van der Waals surface area contributed by atoms with E-state index in [4.69, 9.17) is 5.73 Å². The molecule has 6 nitrogen and oxygen atoms in total. The molecule has 1 aliphatic heterocycles. The Kier molecular flexibility index (Phi) is 4.94. The molecule has 2 heterocycles. The lowest BCUT2D eigenvalue weighted by molar-refractivity contribution is 0.157. The molecule has 1 atom stereocenters. The first kappa shape index (κ1) is 16.6. The summed E-state index contributed by atoms with van der Waals surface area (Å²) in [5, 5.41) is 0. The lowest BCUT2D eigenvalue weighted by atomic mass is 9.89. The van der Waals surface area contributed by atoms with E-state index in [0.717, 1.165) is 31.8 Å². The summed E-state index contributed by atoms with van der Waals surface area (Å²) in [4.78, 5) is 17.4. The maximum Gasteiger partial charge on any atom is 0.229 e. The molecule has 0 saturated carbocycles. The Morgan fingerprint density at radius 3 is 2.38 bits per heavy atom. The van der Waals surface area contributed by atoms with Crippen molar-refractivity contribution in [2.45, 2.75) is 31.7 Å². The minimum absolute atomic E-state index is 0.144. The number of rotatable bonds is 4. The Labute approximate surface area is 143 Å². The molecule has 1 aliphatic rings. The van der Waals surface area contributed by atoms with Crippen LogP contribution in [0.15, 0.2) is 30.3 Å². The molecule has 0 spiro atoms. The van der Waals surface area contributed by atoms with Crippen molar-refractivity contribution in [3.63, 3.8) is 0 Å².